The first kappa shape index (κ1) is 18.6. The second kappa shape index (κ2) is 7.42. The van der Waals surface area contributed by atoms with Crippen LogP contribution in [0.3, 0.4) is 0 Å². The monoisotopic (exact) mass is 407 g/mol. The molecule has 1 aromatic carbocycles. The van der Waals surface area contributed by atoms with E-state index >= 15 is 0 Å². The first-order chi connectivity index (χ1) is 14.6. The highest BCUT2D eigenvalue weighted by molar-refractivity contribution is 5.81. The van der Waals surface area contributed by atoms with E-state index in [1.807, 2.05) is 12.1 Å². The van der Waals surface area contributed by atoms with Gasteiger partial charge in [-0.15, -0.1) is 0 Å². The molecule has 5 rings (SSSR count). The van der Waals surface area contributed by atoms with Crippen LogP contribution >= 0.6 is 0 Å². The Balaban J connectivity index is 1.74. The van der Waals surface area contributed by atoms with Crippen molar-refractivity contribution in [1.29, 1.82) is 0 Å². The molecule has 1 saturated heterocycles. The predicted molar refractivity (Wildman–Crippen MR) is 109 cm³/mol. The van der Waals surface area contributed by atoms with E-state index in [2.05, 4.69) is 32.1 Å². The number of piperazine rings is 1. The number of benzene rings is 1. The van der Waals surface area contributed by atoms with Gasteiger partial charge < -0.3 is 10.2 Å². The van der Waals surface area contributed by atoms with E-state index in [-0.39, 0.29) is 11.6 Å². The number of rotatable bonds is 3. The van der Waals surface area contributed by atoms with Gasteiger partial charge in [-0.3, -0.25) is 4.57 Å². The summed E-state index contributed by atoms with van der Waals surface area (Å²) in [6.45, 7) is 4.72. The molecule has 0 bridgehead atoms. The minimum atomic E-state index is -0.698. The molecule has 0 saturated carbocycles. The molecule has 0 radical (unpaired) electrons. The van der Waals surface area contributed by atoms with E-state index in [0.717, 1.165) is 31.5 Å². The second-order valence-corrected chi connectivity index (χ2v) is 7.22. The molecule has 0 aliphatic carbocycles. The van der Waals surface area contributed by atoms with Crippen molar-refractivity contribution in [3.63, 3.8) is 0 Å². The summed E-state index contributed by atoms with van der Waals surface area (Å²) in [4.78, 5) is 20.0. The number of aromatic nitrogens is 5. The summed E-state index contributed by atoms with van der Waals surface area (Å²) in [7, 11) is 0. The van der Waals surface area contributed by atoms with E-state index in [9.17, 15) is 8.78 Å². The molecular formula is C21H19F2N7. The van der Waals surface area contributed by atoms with Crippen molar-refractivity contribution in [3.05, 3.63) is 60.6 Å². The van der Waals surface area contributed by atoms with Gasteiger partial charge in [0, 0.05) is 37.9 Å². The molecule has 30 heavy (non-hydrogen) atoms. The smallest absolute Gasteiger partial charge is 0.168 e. The summed E-state index contributed by atoms with van der Waals surface area (Å²) in [6, 6.07) is 9.22. The number of hydrogen-bond donors (Lipinski definition) is 1. The number of halogens is 2. The Labute approximate surface area is 171 Å². The van der Waals surface area contributed by atoms with E-state index in [1.54, 1.807) is 16.8 Å². The fraction of sp³-hybridized carbons (Fsp3) is 0.238. The highest BCUT2D eigenvalue weighted by atomic mass is 19.1. The van der Waals surface area contributed by atoms with Crippen molar-refractivity contribution in [3.8, 4) is 17.2 Å². The van der Waals surface area contributed by atoms with Crippen molar-refractivity contribution in [1.82, 2.24) is 29.8 Å². The van der Waals surface area contributed by atoms with Crippen molar-refractivity contribution >= 4 is 17.0 Å². The number of nitrogens with one attached hydrogen (secondary N) is 1. The van der Waals surface area contributed by atoms with Crippen molar-refractivity contribution < 1.29 is 8.78 Å². The van der Waals surface area contributed by atoms with Crippen LogP contribution in [0.4, 0.5) is 14.6 Å². The Hall–Kier alpha value is -3.46. The van der Waals surface area contributed by atoms with Crippen LogP contribution in [0.1, 0.15) is 6.92 Å². The Morgan fingerprint density at radius 1 is 1.07 bits per heavy atom. The van der Waals surface area contributed by atoms with Crippen LogP contribution in [0, 0.1) is 11.6 Å². The molecule has 7 nitrogen and oxygen atoms in total. The maximum absolute atomic E-state index is 14.6. The van der Waals surface area contributed by atoms with Crippen LogP contribution in [0.2, 0.25) is 0 Å². The molecule has 152 valence electrons. The predicted octanol–water partition coefficient (Wildman–Crippen LogP) is 2.95. The van der Waals surface area contributed by atoms with Crippen LogP contribution < -0.4 is 10.2 Å². The number of imidazole rings is 1. The van der Waals surface area contributed by atoms with Gasteiger partial charge in [-0.1, -0.05) is 0 Å². The molecule has 3 aromatic heterocycles. The van der Waals surface area contributed by atoms with Gasteiger partial charge >= 0.3 is 0 Å². The lowest BCUT2D eigenvalue weighted by Gasteiger charge is -2.34. The molecule has 4 aromatic rings. The maximum atomic E-state index is 14.6. The van der Waals surface area contributed by atoms with Crippen LogP contribution in [0.15, 0.2) is 48.9 Å². The molecule has 1 aliphatic rings. The summed E-state index contributed by atoms with van der Waals surface area (Å²) in [5.41, 5.74) is 1.32. The number of fused-ring (bicyclic) bond motifs is 1. The first-order valence-corrected chi connectivity index (χ1v) is 9.70. The van der Waals surface area contributed by atoms with E-state index in [0.29, 0.717) is 22.8 Å². The van der Waals surface area contributed by atoms with Gasteiger partial charge in [0.25, 0.3) is 0 Å². The number of nitrogens with zero attached hydrogens (tertiary/aromatic N) is 6. The number of pyridine rings is 1. The second-order valence-electron chi connectivity index (χ2n) is 7.22. The number of anilines is 1. The van der Waals surface area contributed by atoms with Crippen LogP contribution in [-0.2, 0) is 0 Å². The largest absolute Gasteiger partial charge is 0.351 e. The summed E-state index contributed by atoms with van der Waals surface area (Å²) >= 11 is 0. The fourth-order valence-corrected chi connectivity index (χ4v) is 3.77. The molecule has 1 atom stereocenters. The van der Waals surface area contributed by atoms with Crippen LogP contribution in [-0.4, -0.2) is 50.2 Å². The number of hydrogen-bond acceptors (Lipinski definition) is 6. The Morgan fingerprint density at radius 2 is 1.97 bits per heavy atom. The topological polar surface area (TPSA) is 71.8 Å². The molecule has 4 heterocycles. The lowest BCUT2D eigenvalue weighted by molar-refractivity contribution is 0.497. The quantitative estimate of drug-likeness (QED) is 0.563. The molecule has 9 heteroatoms. The molecule has 0 amide bonds. The van der Waals surface area contributed by atoms with E-state index in [4.69, 9.17) is 4.98 Å². The van der Waals surface area contributed by atoms with Crippen molar-refractivity contribution in [2.45, 2.75) is 13.0 Å². The first-order valence-electron chi connectivity index (χ1n) is 9.70. The molecule has 0 unspecified atom stereocenters. The Kier molecular flexibility index (Phi) is 4.59. The van der Waals surface area contributed by atoms with Crippen molar-refractivity contribution in [2.24, 2.45) is 0 Å². The minimum absolute atomic E-state index is 0.171. The SMILES string of the molecule is C[C@@H]1CNCCN1c1ccc2nc(-c3ccc(F)cc3F)n(-c3ccncn3)c2n1. The highest BCUT2D eigenvalue weighted by Crippen LogP contribution is 2.30. The summed E-state index contributed by atoms with van der Waals surface area (Å²) < 4.78 is 29.8. The van der Waals surface area contributed by atoms with Gasteiger partial charge in [0.1, 0.15) is 35.1 Å². The third-order valence-electron chi connectivity index (χ3n) is 5.25. The molecule has 0 spiro atoms. The summed E-state index contributed by atoms with van der Waals surface area (Å²) in [5, 5.41) is 3.37. The van der Waals surface area contributed by atoms with E-state index < -0.39 is 11.6 Å². The standard InChI is InChI=1S/C21H19F2N7/c1-13-11-24-8-9-29(13)19-5-4-17-21(28-19)30(18-6-7-25-12-26-18)20(27-17)15-3-2-14(22)10-16(15)23/h2-7,10,12-13,24H,8-9,11H2,1H3/t13-/m1/s1. The molecule has 1 aliphatic heterocycles. The lowest BCUT2D eigenvalue weighted by Crippen LogP contribution is -2.50. The average molecular weight is 407 g/mol. The van der Waals surface area contributed by atoms with Gasteiger partial charge in [0.15, 0.2) is 11.5 Å². The zero-order chi connectivity index (χ0) is 20.7. The zero-order valence-corrected chi connectivity index (χ0v) is 16.3. The lowest BCUT2D eigenvalue weighted by atomic mass is 10.2. The van der Waals surface area contributed by atoms with Gasteiger partial charge in [-0.05, 0) is 37.3 Å². The third-order valence-corrected chi connectivity index (χ3v) is 5.25. The normalized spacial score (nSPS) is 16.9. The van der Waals surface area contributed by atoms with Crippen LogP contribution in [0.25, 0.3) is 28.4 Å². The Bertz CT molecular complexity index is 1210. The average Bonchev–Trinajstić information content (AvgIpc) is 3.13. The van der Waals surface area contributed by atoms with Crippen LogP contribution in [0.5, 0.6) is 0 Å². The molecule has 1 N–H and O–H groups in total. The van der Waals surface area contributed by atoms with E-state index in [1.165, 1.54) is 18.5 Å². The highest BCUT2D eigenvalue weighted by Gasteiger charge is 2.23. The summed E-state index contributed by atoms with van der Waals surface area (Å²) in [5.74, 6) is 0.284. The van der Waals surface area contributed by atoms with Gasteiger partial charge in [0.05, 0.1) is 5.56 Å². The van der Waals surface area contributed by atoms with Gasteiger partial charge in [0.2, 0.25) is 0 Å². The summed E-state index contributed by atoms with van der Waals surface area (Å²) in [6.07, 6.45) is 3.01. The molecular weight excluding hydrogens is 388 g/mol. The third kappa shape index (κ3) is 3.17. The Morgan fingerprint density at radius 3 is 2.73 bits per heavy atom. The zero-order valence-electron chi connectivity index (χ0n) is 16.3. The fourth-order valence-electron chi connectivity index (χ4n) is 3.77. The molecule has 1 fully saturated rings. The van der Waals surface area contributed by atoms with Crippen molar-refractivity contribution in [2.75, 3.05) is 24.5 Å². The van der Waals surface area contributed by atoms with Gasteiger partial charge in [-0.25, -0.2) is 28.7 Å². The van der Waals surface area contributed by atoms with Gasteiger partial charge in [-0.2, -0.15) is 0 Å². The maximum Gasteiger partial charge on any atom is 0.168 e. The minimum Gasteiger partial charge on any atom is -0.351 e.